The Morgan fingerprint density at radius 3 is 2.26 bits per heavy atom. The van der Waals surface area contributed by atoms with Crippen LogP contribution in [-0.4, -0.2) is 134 Å². The molecule has 17 nitrogen and oxygen atoms in total. The predicted octanol–water partition coefficient (Wildman–Crippen LogP) is 5.69. The van der Waals surface area contributed by atoms with Crippen molar-refractivity contribution < 1.29 is 73.9 Å². The SMILES string of the molecule is COc1cccc2c1C(=O)c1c(O)c3c(c(O)c1C2=O)C[C@@](O)(C(=O)CO)C[C@@H]3O[C@H]1C[C@H](N)[C@H](O)[C@H](C)O1.O=C(c1ccc(OCCN2CCCC2)cc1)c1c(-c2ccc(O)cc2)sc2cc(O)ccc12. The molecule has 1 aromatic heterocycles. The molecule has 0 spiro atoms. The maximum absolute atomic E-state index is 13.6. The van der Waals surface area contributed by atoms with Gasteiger partial charge < -0.3 is 60.4 Å². The van der Waals surface area contributed by atoms with E-state index in [1.54, 1.807) is 61.5 Å². The second-order valence-electron chi connectivity index (χ2n) is 18.4. The Bertz CT molecular complexity index is 3060. The van der Waals surface area contributed by atoms with Gasteiger partial charge in [-0.15, -0.1) is 11.3 Å². The first-order valence-electron chi connectivity index (χ1n) is 23.5. The number of carbonyl (C=O) groups is 4. The van der Waals surface area contributed by atoms with E-state index < -0.39 is 95.7 Å². The third kappa shape index (κ3) is 9.43. The molecule has 0 radical (unpaired) electrons. The second-order valence-corrected chi connectivity index (χ2v) is 19.5. The van der Waals surface area contributed by atoms with E-state index in [9.17, 15) is 54.9 Å². The number of nitrogens with two attached hydrogens (primary N) is 1. The smallest absolute Gasteiger partial charge is 0.202 e. The predicted molar refractivity (Wildman–Crippen MR) is 263 cm³/mol. The number of benzene rings is 5. The highest BCUT2D eigenvalue weighted by Crippen LogP contribution is 2.53. The van der Waals surface area contributed by atoms with E-state index >= 15 is 0 Å². The number of aromatic hydroxyl groups is 4. The number of ether oxygens (including phenoxy) is 4. The standard InChI is InChI=1S/C27H29NO11.C27H25NO4S/c1-10-22(31)13(28)6-17(38-10)39-15-8-27(36,16(30)9-29)7-12-19(15)26(35)21-20(24(12)33)23(32)11-4-3-5-14(37-2)18(11)25(21)34;29-20-7-3-19(4-8-20)27-25(23-12-9-21(30)17-24(23)33-27)26(31)18-5-10-22(11-6-18)32-16-15-28-13-1-2-14-28/h3-5,10,13,15,17,22,29,31,33,35-36H,6-9,28H2,1-2H3;3-12,17,29-30H,1-2,13-16H2/t10-,13-,15-,17-,22+,27-;/m0./s1. The van der Waals surface area contributed by atoms with Gasteiger partial charge in [-0.05, 0) is 111 Å². The zero-order valence-corrected chi connectivity index (χ0v) is 40.2. The van der Waals surface area contributed by atoms with Crippen LogP contribution in [-0.2, 0) is 20.7 Å². The monoisotopic (exact) mass is 1000 g/mol. The summed E-state index contributed by atoms with van der Waals surface area (Å²) in [5, 5.41) is 74.1. The zero-order valence-electron chi connectivity index (χ0n) is 39.4. The molecule has 376 valence electrons. The number of hydrogen-bond acceptors (Lipinski definition) is 18. The maximum atomic E-state index is 13.6. The number of ketones is 4. The fraction of sp³-hybridized carbons (Fsp3) is 0.333. The lowest BCUT2D eigenvalue weighted by Crippen LogP contribution is -2.53. The number of likely N-dealkylation sites (tertiary alicyclic amines) is 1. The van der Waals surface area contributed by atoms with Crippen LogP contribution in [0.15, 0.2) is 84.9 Å². The Morgan fingerprint density at radius 1 is 0.889 bits per heavy atom. The number of nitrogens with zero attached hydrogens (tertiary/aromatic N) is 1. The lowest BCUT2D eigenvalue weighted by Gasteiger charge is -2.42. The number of aliphatic hydroxyl groups is 3. The van der Waals surface area contributed by atoms with Gasteiger partial charge in [-0.25, -0.2) is 0 Å². The fourth-order valence-electron chi connectivity index (χ4n) is 10.0. The summed E-state index contributed by atoms with van der Waals surface area (Å²) in [6.45, 7) is 4.41. The summed E-state index contributed by atoms with van der Waals surface area (Å²) >= 11 is 1.45. The van der Waals surface area contributed by atoms with Gasteiger partial charge in [-0.3, -0.25) is 24.1 Å². The lowest BCUT2D eigenvalue weighted by molar-refractivity contribution is -0.247. The summed E-state index contributed by atoms with van der Waals surface area (Å²) in [5.74, 6) is -2.77. The van der Waals surface area contributed by atoms with Crippen LogP contribution in [0.25, 0.3) is 20.5 Å². The van der Waals surface area contributed by atoms with Gasteiger partial charge in [0.1, 0.15) is 53.3 Å². The Labute approximate surface area is 417 Å². The summed E-state index contributed by atoms with van der Waals surface area (Å²) < 4.78 is 23.7. The van der Waals surface area contributed by atoms with Crippen molar-refractivity contribution in [2.75, 3.05) is 40.0 Å². The first-order valence-corrected chi connectivity index (χ1v) is 24.4. The van der Waals surface area contributed by atoms with Gasteiger partial charge in [0.2, 0.25) is 5.78 Å². The van der Waals surface area contributed by atoms with Crippen LogP contribution in [0, 0.1) is 0 Å². The summed E-state index contributed by atoms with van der Waals surface area (Å²) in [4.78, 5) is 56.6. The van der Waals surface area contributed by atoms with Gasteiger partial charge in [0.05, 0.1) is 42.1 Å². The third-order valence-corrected chi connectivity index (χ3v) is 15.0. The van der Waals surface area contributed by atoms with Crippen LogP contribution in [0.2, 0.25) is 0 Å². The molecule has 2 saturated heterocycles. The number of thiophene rings is 1. The molecule has 6 atom stereocenters. The Balaban J connectivity index is 0.000000180. The molecule has 9 N–H and O–H groups in total. The minimum Gasteiger partial charge on any atom is -0.508 e. The molecule has 0 amide bonds. The van der Waals surface area contributed by atoms with E-state index in [0.717, 1.165) is 45.9 Å². The van der Waals surface area contributed by atoms with Gasteiger partial charge in [0.15, 0.2) is 23.6 Å². The second kappa shape index (κ2) is 20.4. The third-order valence-electron chi connectivity index (χ3n) is 13.8. The summed E-state index contributed by atoms with van der Waals surface area (Å²) in [5.41, 5.74) is 4.40. The number of phenols is 4. The molecule has 0 unspecified atom stereocenters. The molecular formula is C54H54N2O15S. The molecule has 2 fully saturated rings. The zero-order chi connectivity index (χ0) is 51.2. The molecule has 4 aliphatic rings. The quantitative estimate of drug-likeness (QED) is 0.0540. The van der Waals surface area contributed by atoms with Gasteiger partial charge in [-0.2, -0.15) is 0 Å². The van der Waals surface area contributed by atoms with Crippen molar-refractivity contribution >= 4 is 44.6 Å². The Morgan fingerprint density at radius 2 is 1.58 bits per heavy atom. The minimum atomic E-state index is -2.24. The first-order chi connectivity index (χ1) is 34.5. The first kappa shape index (κ1) is 50.2. The van der Waals surface area contributed by atoms with E-state index in [1.807, 2.05) is 12.1 Å². The Hall–Kier alpha value is -6.74. The fourth-order valence-corrected chi connectivity index (χ4v) is 11.3. The van der Waals surface area contributed by atoms with Gasteiger partial charge >= 0.3 is 0 Å². The molecule has 0 bridgehead atoms. The highest BCUT2D eigenvalue weighted by Gasteiger charge is 2.50. The van der Waals surface area contributed by atoms with Crippen LogP contribution in [0.4, 0.5) is 0 Å². The average Bonchev–Trinajstić information content (AvgIpc) is 4.04. The normalized spacial score (nSPS) is 22.6. The van der Waals surface area contributed by atoms with Crippen molar-refractivity contribution in [3.05, 3.63) is 129 Å². The number of aliphatic hydroxyl groups excluding tert-OH is 2. The van der Waals surface area contributed by atoms with Crippen molar-refractivity contribution in [3.8, 4) is 44.9 Å². The number of phenolic OH excluding ortho intramolecular Hbond substituents is 4. The van der Waals surface area contributed by atoms with E-state index in [2.05, 4.69) is 4.90 Å². The van der Waals surface area contributed by atoms with E-state index in [1.165, 1.54) is 49.5 Å². The van der Waals surface area contributed by atoms with Crippen molar-refractivity contribution in [2.45, 2.75) is 75.3 Å². The molecule has 0 saturated carbocycles. The maximum Gasteiger partial charge on any atom is 0.202 e. The van der Waals surface area contributed by atoms with E-state index in [4.69, 9.17) is 24.7 Å². The van der Waals surface area contributed by atoms with Crippen LogP contribution in [0.1, 0.15) is 97.6 Å². The number of hydrogen-bond donors (Lipinski definition) is 8. The highest BCUT2D eigenvalue weighted by atomic mass is 32.1. The highest BCUT2D eigenvalue weighted by molar-refractivity contribution is 7.22. The van der Waals surface area contributed by atoms with E-state index in [0.29, 0.717) is 17.7 Å². The number of Topliss-reactive ketones (excluding diaryl/α,β-unsaturated/α-hetero) is 1. The van der Waals surface area contributed by atoms with Crippen molar-refractivity contribution in [2.24, 2.45) is 5.73 Å². The Kier molecular flexibility index (Phi) is 14.2. The van der Waals surface area contributed by atoms with Crippen molar-refractivity contribution in [3.63, 3.8) is 0 Å². The van der Waals surface area contributed by atoms with Crippen LogP contribution < -0.4 is 15.2 Å². The lowest BCUT2D eigenvalue weighted by atomic mass is 9.72. The van der Waals surface area contributed by atoms with Gasteiger partial charge in [0.25, 0.3) is 0 Å². The summed E-state index contributed by atoms with van der Waals surface area (Å²) in [6.07, 6.45) is -2.60. The molecule has 10 rings (SSSR count). The minimum absolute atomic E-state index is 0.0173. The topological polar surface area (TPSA) is 276 Å². The number of fused-ring (bicyclic) bond motifs is 4. The number of rotatable bonds is 12. The summed E-state index contributed by atoms with van der Waals surface area (Å²) in [7, 11) is 1.32. The van der Waals surface area contributed by atoms with Crippen molar-refractivity contribution in [1.82, 2.24) is 4.90 Å². The number of carbonyl (C=O) groups excluding carboxylic acids is 4. The van der Waals surface area contributed by atoms with Crippen LogP contribution in [0.5, 0.6) is 34.5 Å². The molecule has 6 aromatic rings. The number of methoxy groups -OCH3 is 1. The van der Waals surface area contributed by atoms with E-state index in [-0.39, 0.29) is 51.7 Å². The summed E-state index contributed by atoms with van der Waals surface area (Å²) in [6, 6.07) is 22.8. The van der Waals surface area contributed by atoms with Crippen molar-refractivity contribution in [1.29, 1.82) is 0 Å². The molecule has 2 aliphatic heterocycles. The molecule has 5 aromatic carbocycles. The average molecular weight is 1000 g/mol. The largest absolute Gasteiger partial charge is 0.508 e. The molecule has 2 aliphatic carbocycles. The van der Waals surface area contributed by atoms with Gasteiger partial charge in [-0.1, -0.05) is 12.1 Å². The van der Waals surface area contributed by atoms with Gasteiger partial charge in [0, 0.05) is 74.6 Å². The molecule has 3 heterocycles. The molecule has 18 heteroatoms. The van der Waals surface area contributed by atoms with Crippen LogP contribution in [0.3, 0.4) is 0 Å². The molecular weight excluding hydrogens is 949 g/mol. The molecule has 72 heavy (non-hydrogen) atoms. The van der Waals surface area contributed by atoms with Crippen LogP contribution >= 0.6 is 11.3 Å².